The maximum atomic E-state index is 11.8. The van der Waals surface area contributed by atoms with E-state index in [0.717, 1.165) is 11.1 Å². The number of nitrogens with one attached hydrogen (secondary N) is 3. The quantitative estimate of drug-likeness (QED) is 0.549. The Labute approximate surface area is 131 Å². The van der Waals surface area contributed by atoms with Crippen LogP contribution >= 0.6 is 11.6 Å². The summed E-state index contributed by atoms with van der Waals surface area (Å²) in [7, 11) is 1.70. The van der Waals surface area contributed by atoms with E-state index >= 15 is 0 Å². The van der Waals surface area contributed by atoms with Crippen molar-refractivity contribution >= 4 is 29.3 Å². The second-order valence-corrected chi connectivity index (χ2v) is 6.56. The fraction of sp³-hybridized carbons (Fsp3) is 0.467. The van der Waals surface area contributed by atoms with Crippen molar-refractivity contribution in [2.24, 2.45) is 0 Å². The number of halogens is 1. The number of nitrogens with zero attached hydrogens (tertiary/aromatic N) is 1. The van der Waals surface area contributed by atoms with Crippen molar-refractivity contribution in [1.82, 2.24) is 10.6 Å². The van der Waals surface area contributed by atoms with Gasteiger partial charge >= 0.3 is 6.03 Å². The maximum absolute atomic E-state index is 11.8. The largest absolute Gasteiger partial charge is 0.333 e. The lowest BCUT2D eigenvalue weighted by Gasteiger charge is -2.26. The van der Waals surface area contributed by atoms with Crippen LogP contribution in [0.25, 0.3) is 0 Å². The number of carbonyl (C=O) groups is 1. The third kappa shape index (κ3) is 4.93. The Balaban J connectivity index is 2.87. The standard InChI is InChI=1S/C15H23ClN4O/c1-9-7-10(2)12(11(16)8-9)20(6)13(17)18-14(21)19-15(3,4)5/h7-8H,1-6H3,(H3,17,18,19,21). The van der Waals surface area contributed by atoms with Gasteiger partial charge in [-0.2, -0.15) is 0 Å². The molecule has 0 aliphatic heterocycles. The highest BCUT2D eigenvalue weighted by Crippen LogP contribution is 2.30. The Hall–Kier alpha value is -1.75. The van der Waals surface area contributed by atoms with E-state index in [0.29, 0.717) is 10.7 Å². The molecule has 6 heteroatoms. The zero-order valence-corrected chi connectivity index (χ0v) is 14.1. The summed E-state index contributed by atoms with van der Waals surface area (Å²) in [5, 5.41) is 13.8. The van der Waals surface area contributed by atoms with Gasteiger partial charge in [-0.05, 0) is 51.8 Å². The predicted octanol–water partition coefficient (Wildman–Crippen LogP) is 3.43. The smallest absolute Gasteiger partial charge is 0.321 e. The summed E-state index contributed by atoms with van der Waals surface area (Å²) in [6, 6.07) is 3.41. The molecule has 1 aromatic carbocycles. The molecule has 0 atom stereocenters. The molecule has 1 rings (SSSR count). The molecule has 3 N–H and O–H groups in total. The number of hydrogen-bond donors (Lipinski definition) is 3. The van der Waals surface area contributed by atoms with E-state index in [2.05, 4.69) is 10.6 Å². The Bertz CT molecular complexity index is 540. The number of rotatable bonds is 1. The van der Waals surface area contributed by atoms with Gasteiger partial charge in [0.05, 0.1) is 10.7 Å². The van der Waals surface area contributed by atoms with Crippen LogP contribution in [0.2, 0.25) is 5.02 Å². The SMILES string of the molecule is Cc1cc(C)c(N(C)C(=N)NC(=O)NC(C)(C)C)c(Cl)c1. The average molecular weight is 311 g/mol. The number of aryl methyl sites for hydroxylation is 2. The van der Waals surface area contributed by atoms with Crippen LogP contribution in [-0.2, 0) is 0 Å². The normalized spacial score (nSPS) is 11.0. The first-order valence-electron chi connectivity index (χ1n) is 6.69. The molecule has 116 valence electrons. The third-order valence-electron chi connectivity index (χ3n) is 2.79. The molecule has 2 amide bonds. The van der Waals surface area contributed by atoms with Crippen molar-refractivity contribution in [2.45, 2.75) is 40.2 Å². The van der Waals surface area contributed by atoms with Crippen LogP contribution in [0.15, 0.2) is 12.1 Å². The van der Waals surface area contributed by atoms with Gasteiger partial charge in [0, 0.05) is 12.6 Å². The van der Waals surface area contributed by atoms with E-state index in [-0.39, 0.29) is 11.5 Å². The molecule has 0 aliphatic carbocycles. The Morgan fingerprint density at radius 2 is 1.86 bits per heavy atom. The molecule has 1 aromatic rings. The fourth-order valence-corrected chi connectivity index (χ4v) is 2.46. The molecule has 0 saturated carbocycles. The highest BCUT2D eigenvalue weighted by molar-refractivity contribution is 6.34. The second-order valence-electron chi connectivity index (χ2n) is 6.15. The monoisotopic (exact) mass is 310 g/mol. The summed E-state index contributed by atoms with van der Waals surface area (Å²) in [4.78, 5) is 13.4. The van der Waals surface area contributed by atoms with Crippen LogP contribution in [-0.4, -0.2) is 24.6 Å². The van der Waals surface area contributed by atoms with E-state index in [1.54, 1.807) is 11.9 Å². The van der Waals surface area contributed by atoms with Crippen LogP contribution in [0.1, 0.15) is 31.9 Å². The Kier molecular flexibility index (Phi) is 5.23. The van der Waals surface area contributed by atoms with Crippen molar-refractivity contribution in [3.8, 4) is 0 Å². The Morgan fingerprint density at radius 1 is 1.29 bits per heavy atom. The van der Waals surface area contributed by atoms with Gasteiger partial charge in [-0.25, -0.2) is 4.79 Å². The van der Waals surface area contributed by atoms with Gasteiger partial charge in [-0.15, -0.1) is 0 Å². The molecule has 0 bridgehead atoms. The van der Waals surface area contributed by atoms with Crippen LogP contribution in [0.4, 0.5) is 10.5 Å². The van der Waals surface area contributed by atoms with E-state index in [9.17, 15) is 4.79 Å². The molecule has 0 unspecified atom stereocenters. The molecule has 0 aromatic heterocycles. The molecular formula is C15H23ClN4O. The number of urea groups is 1. The molecule has 0 fully saturated rings. The van der Waals surface area contributed by atoms with Crippen molar-refractivity contribution in [3.05, 3.63) is 28.3 Å². The van der Waals surface area contributed by atoms with Crippen molar-refractivity contribution in [2.75, 3.05) is 11.9 Å². The first-order valence-corrected chi connectivity index (χ1v) is 7.07. The van der Waals surface area contributed by atoms with E-state index in [1.165, 1.54) is 0 Å². The van der Waals surface area contributed by atoms with Gasteiger partial charge < -0.3 is 10.2 Å². The number of anilines is 1. The minimum atomic E-state index is -0.416. The van der Waals surface area contributed by atoms with E-state index in [4.69, 9.17) is 17.0 Å². The van der Waals surface area contributed by atoms with Gasteiger partial charge in [0.2, 0.25) is 5.96 Å². The maximum Gasteiger partial charge on any atom is 0.321 e. The van der Waals surface area contributed by atoms with Crippen LogP contribution in [0, 0.1) is 19.3 Å². The number of guanidine groups is 1. The molecule has 0 radical (unpaired) electrons. The first-order chi connectivity index (χ1) is 9.51. The minimum absolute atomic E-state index is 0.0365. The first kappa shape index (κ1) is 17.3. The summed E-state index contributed by atoms with van der Waals surface area (Å²) in [5.41, 5.74) is 2.36. The topological polar surface area (TPSA) is 68.2 Å². The van der Waals surface area contributed by atoms with Crippen molar-refractivity contribution in [1.29, 1.82) is 5.41 Å². The van der Waals surface area contributed by atoms with Gasteiger partial charge in [0.25, 0.3) is 0 Å². The number of hydrogen-bond acceptors (Lipinski definition) is 2. The summed E-state index contributed by atoms with van der Waals surface area (Å²) in [6.45, 7) is 9.51. The molecule has 21 heavy (non-hydrogen) atoms. The lowest BCUT2D eigenvalue weighted by molar-refractivity contribution is 0.236. The number of benzene rings is 1. The fourth-order valence-electron chi connectivity index (χ4n) is 2.01. The van der Waals surface area contributed by atoms with E-state index in [1.807, 2.05) is 46.8 Å². The van der Waals surface area contributed by atoms with Crippen molar-refractivity contribution < 1.29 is 4.79 Å². The zero-order chi connectivity index (χ0) is 16.4. The summed E-state index contributed by atoms with van der Waals surface area (Å²) in [6.07, 6.45) is 0. The summed E-state index contributed by atoms with van der Waals surface area (Å²) >= 11 is 6.25. The molecule has 0 aliphatic rings. The second kappa shape index (κ2) is 6.35. The molecule has 0 spiro atoms. The highest BCUT2D eigenvalue weighted by Gasteiger charge is 2.18. The van der Waals surface area contributed by atoms with Gasteiger partial charge in [0.15, 0.2) is 0 Å². The summed E-state index contributed by atoms with van der Waals surface area (Å²) < 4.78 is 0. The number of carbonyl (C=O) groups excluding carboxylic acids is 1. The number of amides is 2. The van der Waals surface area contributed by atoms with Crippen molar-refractivity contribution in [3.63, 3.8) is 0 Å². The van der Waals surface area contributed by atoms with Crippen LogP contribution in [0.5, 0.6) is 0 Å². The molecule has 0 heterocycles. The molecule has 0 saturated heterocycles. The average Bonchev–Trinajstić information content (AvgIpc) is 2.24. The van der Waals surface area contributed by atoms with Gasteiger partial charge in [0.1, 0.15) is 0 Å². The highest BCUT2D eigenvalue weighted by atomic mass is 35.5. The lowest BCUT2D eigenvalue weighted by Crippen LogP contribution is -2.51. The minimum Gasteiger partial charge on any atom is -0.333 e. The van der Waals surface area contributed by atoms with Crippen LogP contribution in [0.3, 0.4) is 0 Å². The Morgan fingerprint density at radius 3 is 2.33 bits per heavy atom. The predicted molar refractivity (Wildman–Crippen MR) is 88.5 cm³/mol. The van der Waals surface area contributed by atoms with Crippen LogP contribution < -0.4 is 15.5 Å². The lowest BCUT2D eigenvalue weighted by atomic mass is 10.1. The zero-order valence-electron chi connectivity index (χ0n) is 13.4. The van der Waals surface area contributed by atoms with Gasteiger partial charge in [-0.3, -0.25) is 10.7 Å². The molecular weight excluding hydrogens is 288 g/mol. The van der Waals surface area contributed by atoms with E-state index < -0.39 is 6.03 Å². The van der Waals surface area contributed by atoms with Gasteiger partial charge in [-0.1, -0.05) is 17.7 Å². The molecule has 5 nitrogen and oxygen atoms in total. The third-order valence-corrected chi connectivity index (χ3v) is 3.08. The summed E-state index contributed by atoms with van der Waals surface area (Å²) in [5.74, 6) is -0.0365.